The molecule has 0 aliphatic heterocycles. The van der Waals surface area contributed by atoms with E-state index in [1.807, 2.05) is 0 Å². The van der Waals surface area contributed by atoms with Gasteiger partial charge in [-0.3, -0.25) is 0 Å². The zero-order valence-corrected chi connectivity index (χ0v) is 15.8. The third kappa shape index (κ3) is 4.21. The van der Waals surface area contributed by atoms with E-state index in [4.69, 9.17) is 0 Å². The van der Waals surface area contributed by atoms with E-state index >= 15 is 0 Å². The first-order valence-electron chi connectivity index (χ1n) is 8.97. The van der Waals surface area contributed by atoms with Gasteiger partial charge in [-0.2, -0.15) is 0 Å². The van der Waals surface area contributed by atoms with Gasteiger partial charge in [-0.05, 0) is 49.3 Å². The molecule has 0 unspecified atom stereocenters. The number of hydrogen-bond donors (Lipinski definition) is 1. The number of rotatable bonds is 6. The normalized spacial score (nSPS) is 15.2. The largest absolute Gasteiger partial charge is 0.355 e. The molecule has 1 aliphatic carbocycles. The van der Waals surface area contributed by atoms with Gasteiger partial charge in [0.05, 0.1) is 0 Å². The van der Waals surface area contributed by atoms with Crippen molar-refractivity contribution in [3.05, 3.63) is 88.3 Å². The second kappa shape index (κ2) is 8.68. The summed E-state index contributed by atoms with van der Waals surface area (Å²) in [5, 5.41) is 5.84. The molecule has 25 heavy (non-hydrogen) atoms. The van der Waals surface area contributed by atoms with Gasteiger partial charge in [-0.25, -0.2) is 0 Å². The molecular formula is C23H25NS. The molecule has 1 aliphatic rings. The van der Waals surface area contributed by atoms with Crippen molar-refractivity contribution in [2.45, 2.75) is 33.1 Å². The molecule has 1 aromatic carbocycles. The average molecular weight is 348 g/mol. The first kappa shape index (κ1) is 17.5. The fourth-order valence-electron chi connectivity index (χ4n) is 3.10. The molecule has 3 rings (SSSR count). The first-order chi connectivity index (χ1) is 12.3. The molecule has 0 saturated carbocycles. The molecule has 128 valence electrons. The van der Waals surface area contributed by atoms with E-state index in [-0.39, 0.29) is 0 Å². The molecule has 1 heterocycles. The Hall–Kier alpha value is -2.32. The quantitative estimate of drug-likeness (QED) is 0.541. The van der Waals surface area contributed by atoms with Gasteiger partial charge in [-0.15, -0.1) is 11.3 Å². The van der Waals surface area contributed by atoms with Gasteiger partial charge in [0.1, 0.15) is 0 Å². The number of anilines is 1. The van der Waals surface area contributed by atoms with Gasteiger partial charge in [0.2, 0.25) is 0 Å². The second-order valence-corrected chi connectivity index (χ2v) is 6.96. The third-order valence-corrected chi connectivity index (χ3v) is 5.18. The maximum absolute atomic E-state index is 3.71. The summed E-state index contributed by atoms with van der Waals surface area (Å²) in [6.07, 6.45) is 14.6. The van der Waals surface area contributed by atoms with Crippen LogP contribution in [0.1, 0.15) is 43.6 Å². The first-order valence-corrected chi connectivity index (χ1v) is 9.85. The lowest BCUT2D eigenvalue weighted by atomic mass is 9.97. The zero-order valence-electron chi connectivity index (χ0n) is 15.0. The third-order valence-electron chi connectivity index (χ3n) is 4.28. The lowest BCUT2D eigenvalue weighted by molar-refractivity contribution is 1.04. The van der Waals surface area contributed by atoms with Crippen molar-refractivity contribution in [3.63, 3.8) is 0 Å². The summed E-state index contributed by atoms with van der Waals surface area (Å²) in [7, 11) is 0. The molecule has 2 aromatic rings. The number of thiophene rings is 1. The van der Waals surface area contributed by atoms with Crippen LogP contribution in [0.2, 0.25) is 0 Å². The predicted octanol–water partition coefficient (Wildman–Crippen LogP) is 7.29. The van der Waals surface area contributed by atoms with Crippen molar-refractivity contribution in [2.24, 2.45) is 0 Å². The van der Waals surface area contributed by atoms with E-state index in [1.54, 1.807) is 11.3 Å². The van der Waals surface area contributed by atoms with Crippen molar-refractivity contribution in [2.75, 3.05) is 5.32 Å². The second-order valence-electron chi connectivity index (χ2n) is 6.02. The Balaban J connectivity index is 1.95. The van der Waals surface area contributed by atoms with E-state index in [2.05, 4.69) is 91.3 Å². The summed E-state index contributed by atoms with van der Waals surface area (Å²) in [4.78, 5) is 1.30. The highest BCUT2D eigenvalue weighted by molar-refractivity contribution is 7.11. The minimum absolute atomic E-state index is 0.996. The van der Waals surface area contributed by atoms with Crippen LogP contribution in [0.4, 0.5) is 5.69 Å². The van der Waals surface area contributed by atoms with E-state index in [0.29, 0.717) is 0 Å². The van der Waals surface area contributed by atoms with Gasteiger partial charge >= 0.3 is 0 Å². The molecule has 1 nitrogen and oxygen atoms in total. The number of nitrogens with one attached hydrogen (secondary N) is 1. The topological polar surface area (TPSA) is 12.0 Å². The Labute approximate surface area is 155 Å². The van der Waals surface area contributed by atoms with E-state index in [0.717, 1.165) is 24.9 Å². The average Bonchev–Trinajstić information content (AvgIpc) is 3.18. The van der Waals surface area contributed by atoms with Crippen LogP contribution in [0, 0.1) is 0 Å². The van der Waals surface area contributed by atoms with Crippen molar-refractivity contribution in [1.29, 1.82) is 0 Å². The fourth-order valence-corrected chi connectivity index (χ4v) is 3.91. The highest BCUT2D eigenvalue weighted by Crippen LogP contribution is 2.32. The van der Waals surface area contributed by atoms with E-state index < -0.39 is 0 Å². The van der Waals surface area contributed by atoms with Crippen LogP contribution in [-0.4, -0.2) is 0 Å². The Kier molecular flexibility index (Phi) is 6.08. The maximum Gasteiger partial charge on any atom is 0.0463 e. The molecule has 0 radical (unpaired) electrons. The summed E-state index contributed by atoms with van der Waals surface area (Å²) in [5.74, 6) is 0. The zero-order chi connectivity index (χ0) is 17.5. The van der Waals surface area contributed by atoms with Crippen LogP contribution in [-0.2, 0) is 0 Å². The van der Waals surface area contributed by atoms with Gasteiger partial charge in [-0.1, -0.05) is 61.6 Å². The SMILES string of the molecule is C/C=C(\C(=C/CC)Nc1ccccc1C1=CCCC=C1)c1cccs1. The Bertz CT molecular complexity index is 820. The summed E-state index contributed by atoms with van der Waals surface area (Å²) >= 11 is 1.78. The Morgan fingerprint density at radius 3 is 2.72 bits per heavy atom. The van der Waals surface area contributed by atoms with Crippen LogP contribution in [0.15, 0.2) is 77.9 Å². The highest BCUT2D eigenvalue weighted by atomic mass is 32.1. The molecule has 0 spiro atoms. The molecular weight excluding hydrogens is 322 g/mol. The predicted molar refractivity (Wildman–Crippen MR) is 113 cm³/mol. The fraction of sp³-hybridized carbons (Fsp3) is 0.217. The highest BCUT2D eigenvalue weighted by Gasteiger charge is 2.12. The molecule has 0 fully saturated rings. The van der Waals surface area contributed by atoms with Crippen LogP contribution in [0.25, 0.3) is 11.1 Å². The van der Waals surface area contributed by atoms with Crippen LogP contribution < -0.4 is 5.32 Å². The minimum atomic E-state index is 0.996. The minimum Gasteiger partial charge on any atom is -0.355 e. The van der Waals surface area contributed by atoms with Crippen LogP contribution in [0.3, 0.4) is 0 Å². The van der Waals surface area contributed by atoms with Crippen molar-refractivity contribution in [1.82, 2.24) is 0 Å². The van der Waals surface area contributed by atoms with Gasteiger partial charge in [0.25, 0.3) is 0 Å². The summed E-state index contributed by atoms with van der Waals surface area (Å²) in [6.45, 7) is 4.29. The van der Waals surface area contributed by atoms with Crippen molar-refractivity contribution >= 4 is 28.2 Å². The Morgan fingerprint density at radius 2 is 2.04 bits per heavy atom. The number of para-hydroxylation sites is 1. The lowest BCUT2D eigenvalue weighted by Crippen LogP contribution is -2.04. The molecule has 2 heteroatoms. The summed E-state index contributed by atoms with van der Waals surface area (Å²) < 4.78 is 0. The standard InChI is InChI=1S/C23H25NS/c1-3-11-21(19(4-2)23-16-10-17-25-23)24-22-15-9-8-14-20(22)18-12-6-5-7-13-18/h4,6,8-17,24H,3,5,7H2,1-2H3/b19-4+,21-11+. The molecule has 0 atom stereocenters. The summed E-state index contributed by atoms with van der Waals surface area (Å²) in [5.41, 5.74) is 6.18. The van der Waals surface area contributed by atoms with E-state index in [9.17, 15) is 0 Å². The lowest BCUT2D eigenvalue weighted by Gasteiger charge is -2.18. The van der Waals surface area contributed by atoms with Gasteiger partial charge in [0.15, 0.2) is 0 Å². The van der Waals surface area contributed by atoms with Crippen molar-refractivity contribution < 1.29 is 0 Å². The smallest absolute Gasteiger partial charge is 0.0463 e. The number of allylic oxidation sites excluding steroid dienone is 7. The number of benzene rings is 1. The van der Waals surface area contributed by atoms with Crippen LogP contribution in [0.5, 0.6) is 0 Å². The maximum atomic E-state index is 3.71. The van der Waals surface area contributed by atoms with Crippen LogP contribution >= 0.6 is 11.3 Å². The van der Waals surface area contributed by atoms with Gasteiger partial charge in [0, 0.05) is 27.4 Å². The monoisotopic (exact) mass is 347 g/mol. The van der Waals surface area contributed by atoms with Crippen molar-refractivity contribution in [3.8, 4) is 0 Å². The molecule has 1 N–H and O–H groups in total. The molecule has 0 saturated heterocycles. The number of hydrogen-bond acceptors (Lipinski definition) is 2. The van der Waals surface area contributed by atoms with E-state index in [1.165, 1.54) is 27.3 Å². The summed E-state index contributed by atoms with van der Waals surface area (Å²) in [6, 6.07) is 12.9. The molecule has 0 bridgehead atoms. The van der Waals surface area contributed by atoms with Gasteiger partial charge < -0.3 is 5.32 Å². The molecule has 1 aromatic heterocycles. The molecule has 0 amide bonds. The Morgan fingerprint density at radius 1 is 1.16 bits per heavy atom.